The summed E-state index contributed by atoms with van der Waals surface area (Å²) in [6, 6.07) is 2.24. The predicted molar refractivity (Wildman–Crippen MR) is 80.5 cm³/mol. The van der Waals surface area contributed by atoms with Gasteiger partial charge in [0.25, 0.3) is 0 Å². The molecule has 5 heteroatoms. The first-order valence-corrected chi connectivity index (χ1v) is 7.83. The van der Waals surface area contributed by atoms with Crippen LogP contribution in [0.1, 0.15) is 72.0 Å². The maximum absolute atomic E-state index is 8.95. The molecule has 0 spiro atoms. The zero-order valence-electron chi connectivity index (χ0n) is 13.9. The van der Waals surface area contributed by atoms with Crippen LogP contribution in [0.25, 0.3) is 0 Å². The Bertz CT molecular complexity index is 474. The van der Waals surface area contributed by atoms with Crippen LogP contribution in [0, 0.1) is 16.7 Å². The van der Waals surface area contributed by atoms with E-state index >= 15 is 0 Å². The van der Waals surface area contributed by atoms with Gasteiger partial charge < -0.3 is 9.26 Å². The lowest BCUT2D eigenvalue weighted by Crippen LogP contribution is -2.30. The number of hydrogen-bond acceptors (Lipinski definition) is 5. The largest absolute Gasteiger partial charge is 0.367 e. The number of hydrogen-bond donors (Lipinski definition) is 0. The Balaban J connectivity index is 2.97. The first-order valence-electron chi connectivity index (χ1n) is 7.83. The van der Waals surface area contributed by atoms with Gasteiger partial charge in [-0.1, -0.05) is 32.9 Å². The van der Waals surface area contributed by atoms with Gasteiger partial charge in [0, 0.05) is 19.4 Å². The number of nitrogens with zero attached hydrogens (tertiary/aromatic N) is 3. The molecule has 1 aromatic rings. The van der Waals surface area contributed by atoms with Gasteiger partial charge in [0.15, 0.2) is 0 Å². The number of ether oxygens (including phenoxy) is 1. The Morgan fingerprint density at radius 1 is 1.19 bits per heavy atom. The standard InChI is InChI=1S/C16H27N3O2/c1-6-15(5,10-11-17)12-13-18-14(19-21-13)16(7-2,8-3)20-9-4/h6-10,12H2,1-5H3. The van der Waals surface area contributed by atoms with E-state index in [2.05, 4.69) is 43.9 Å². The third-order valence-electron chi connectivity index (χ3n) is 4.38. The smallest absolute Gasteiger partial charge is 0.227 e. The molecule has 0 saturated carbocycles. The molecule has 1 rings (SSSR count). The van der Waals surface area contributed by atoms with E-state index in [-0.39, 0.29) is 5.41 Å². The van der Waals surface area contributed by atoms with Gasteiger partial charge in [0.2, 0.25) is 11.7 Å². The average Bonchev–Trinajstić information content (AvgIpc) is 2.93. The summed E-state index contributed by atoms with van der Waals surface area (Å²) in [5, 5.41) is 13.1. The molecule has 0 amide bonds. The topological polar surface area (TPSA) is 71.9 Å². The van der Waals surface area contributed by atoms with E-state index in [1.807, 2.05) is 6.92 Å². The molecule has 0 N–H and O–H groups in total. The molecule has 1 heterocycles. The highest BCUT2D eigenvalue weighted by atomic mass is 16.5. The van der Waals surface area contributed by atoms with Crippen molar-refractivity contribution >= 4 is 0 Å². The van der Waals surface area contributed by atoms with Crippen LogP contribution in [0.15, 0.2) is 4.52 Å². The fourth-order valence-electron chi connectivity index (χ4n) is 2.49. The molecule has 5 nitrogen and oxygen atoms in total. The lowest BCUT2D eigenvalue weighted by Gasteiger charge is -2.27. The second-order valence-corrected chi connectivity index (χ2v) is 5.82. The fraction of sp³-hybridized carbons (Fsp3) is 0.812. The van der Waals surface area contributed by atoms with Crippen LogP contribution in [-0.4, -0.2) is 16.7 Å². The first-order chi connectivity index (χ1) is 9.99. The van der Waals surface area contributed by atoms with Crippen LogP contribution < -0.4 is 0 Å². The van der Waals surface area contributed by atoms with Gasteiger partial charge in [-0.15, -0.1) is 0 Å². The van der Waals surface area contributed by atoms with Crippen LogP contribution in [0.4, 0.5) is 0 Å². The second kappa shape index (κ2) is 7.56. The van der Waals surface area contributed by atoms with Crippen molar-refractivity contribution in [3.63, 3.8) is 0 Å². The zero-order chi connectivity index (χ0) is 15.9. The van der Waals surface area contributed by atoms with Crippen molar-refractivity contribution in [3.8, 4) is 6.07 Å². The predicted octanol–water partition coefficient (Wildman–Crippen LogP) is 3.99. The van der Waals surface area contributed by atoms with Crippen molar-refractivity contribution in [2.24, 2.45) is 5.41 Å². The van der Waals surface area contributed by atoms with E-state index in [0.29, 0.717) is 31.2 Å². The van der Waals surface area contributed by atoms with Gasteiger partial charge in [-0.2, -0.15) is 10.2 Å². The van der Waals surface area contributed by atoms with Gasteiger partial charge in [0.1, 0.15) is 5.60 Å². The molecule has 0 aromatic carbocycles. The highest BCUT2D eigenvalue weighted by Crippen LogP contribution is 2.33. The van der Waals surface area contributed by atoms with Crippen molar-refractivity contribution in [3.05, 3.63) is 11.7 Å². The van der Waals surface area contributed by atoms with E-state index in [1.54, 1.807) is 0 Å². The van der Waals surface area contributed by atoms with Crippen molar-refractivity contribution < 1.29 is 9.26 Å². The molecule has 118 valence electrons. The summed E-state index contributed by atoms with van der Waals surface area (Å²) < 4.78 is 11.3. The molecule has 1 aromatic heterocycles. The SMILES string of the molecule is CCOC(CC)(CC)c1noc(CC(C)(CC)CC#N)n1. The highest BCUT2D eigenvalue weighted by molar-refractivity contribution is 5.03. The van der Waals surface area contributed by atoms with E-state index < -0.39 is 5.60 Å². The molecule has 0 fully saturated rings. The molecular weight excluding hydrogens is 266 g/mol. The molecule has 1 unspecified atom stereocenters. The molecule has 21 heavy (non-hydrogen) atoms. The monoisotopic (exact) mass is 293 g/mol. The Kier molecular flexibility index (Phi) is 6.35. The van der Waals surface area contributed by atoms with Crippen molar-refractivity contribution in [2.75, 3.05) is 6.61 Å². The summed E-state index contributed by atoms with van der Waals surface area (Å²) in [6.07, 6.45) is 3.62. The van der Waals surface area contributed by atoms with E-state index in [4.69, 9.17) is 14.5 Å². The molecule has 0 bridgehead atoms. The molecule has 0 saturated heterocycles. The highest BCUT2D eigenvalue weighted by Gasteiger charge is 2.35. The second-order valence-electron chi connectivity index (χ2n) is 5.82. The normalized spacial score (nSPS) is 14.7. The number of rotatable bonds is 9. The van der Waals surface area contributed by atoms with Gasteiger partial charge >= 0.3 is 0 Å². The first kappa shape index (κ1) is 17.6. The molecule has 0 radical (unpaired) electrons. The summed E-state index contributed by atoms with van der Waals surface area (Å²) in [7, 11) is 0. The Labute approximate surface area is 127 Å². The number of nitriles is 1. The lowest BCUT2D eigenvalue weighted by molar-refractivity contribution is -0.0583. The molecular formula is C16H27N3O2. The maximum Gasteiger partial charge on any atom is 0.227 e. The molecule has 0 aliphatic rings. The zero-order valence-corrected chi connectivity index (χ0v) is 13.9. The lowest BCUT2D eigenvalue weighted by atomic mass is 9.81. The minimum atomic E-state index is -0.464. The summed E-state index contributed by atoms with van der Waals surface area (Å²) in [5.74, 6) is 1.22. The molecule has 0 aliphatic heterocycles. The third-order valence-corrected chi connectivity index (χ3v) is 4.38. The van der Waals surface area contributed by atoms with Crippen LogP contribution in [0.3, 0.4) is 0 Å². The third kappa shape index (κ3) is 4.04. The van der Waals surface area contributed by atoms with Gasteiger partial charge in [-0.05, 0) is 31.6 Å². The Morgan fingerprint density at radius 3 is 2.33 bits per heavy atom. The Hall–Kier alpha value is -1.41. The van der Waals surface area contributed by atoms with Gasteiger partial charge in [0.05, 0.1) is 6.07 Å². The van der Waals surface area contributed by atoms with Crippen molar-refractivity contribution in [1.29, 1.82) is 5.26 Å². The van der Waals surface area contributed by atoms with Crippen molar-refractivity contribution in [2.45, 2.75) is 72.3 Å². The summed E-state index contributed by atoms with van der Waals surface area (Å²) >= 11 is 0. The molecule has 1 atom stereocenters. The van der Waals surface area contributed by atoms with Crippen LogP contribution in [0.5, 0.6) is 0 Å². The fourth-order valence-corrected chi connectivity index (χ4v) is 2.49. The average molecular weight is 293 g/mol. The summed E-state index contributed by atoms with van der Waals surface area (Å²) in [6.45, 7) is 10.9. The quantitative estimate of drug-likeness (QED) is 0.688. The minimum absolute atomic E-state index is 0.120. The number of aromatic nitrogens is 2. The van der Waals surface area contributed by atoms with Crippen LogP contribution in [0.2, 0.25) is 0 Å². The van der Waals surface area contributed by atoms with E-state index in [0.717, 1.165) is 19.3 Å². The summed E-state index contributed by atoms with van der Waals surface area (Å²) in [5.41, 5.74) is -0.584. The maximum atomic E-state index is 8.95. The van der Waals surface area contributed by atoms with Crippen LogP contribution in [-0.2, 0) is 16.8 Å². The minimum Gasteiger partial charge on any atom is -0.367 e. The van der Waals surface area contributed by atoms with E-state index in [1.165, 1.54) is 0 Å². The summed E-state index contributed by atoms with van der Waals surface area (Å²) in [4.78, 5) is 4.55. The molecule has 0 aliphatic carbocycles. The van der Waals surface area contributed by atoms with Crippen molar-refractivity contribution in [1.82, 2.24) is 10.1 Å². The van der Waals surface area contributed by atoms with Gasteiger partial charge in [-0.25, -0.2) is 0 Å². The Morgan fingerprint density at radius 2 is 1.86 bits per heavy atom. The van der Waals surface area contributed by atoms with E-state index in [9.17, 15) is 0 Å². The van der Waals surface area contributed by atoms with Crippen LogP contribution >= 0.6 is 0 Å². The van der Waals surface area contributed by atoms with Gasteiger partial charge in [-0.3, -0.25) is 0 Å².